The molecule has 2 heterocycles. The van der Waals surface area contributed by atoms with Gasteiger partial charge in [-0.2, -0.15) is 13.2 Å². The van der Waals surface area contributed by atoms with Crippen LogP contribution < -0.4 is 5.32 Å². The van der Waals surface area contributed by atoms with Gasteiger partial charge in [0.1, 0.15) is 0 Å². The summed E-state index contributed by atoms with van der Waals surface area (Å²) in [6.07, 6.45) is -0.294. The third kappa shape index (κ3) is 7.19. The van der Waals surface area contributed by atoms with Crippen LogP contribution in [0.4, 0.5) is 13.2 Å². The van der Waals surface area contributed by atoms with E-state index in [0.717, 1.165) is 11.1 Å². The van der Waals surface area contributed by atoms with Gasteiger partial charge < -0.3 is 10.2 Å². The fourth-order valence-corrected chi connectivity index (χ4v) is 6.98. The Kier molecular flexibility index (Phi) is 9.85. The number of sulfone groups is 1. The number of amides is 2. The van der Waals surface area contributed by atoms with Crippen LogP contribution in [0.25, 0.3) is 0 Å². The summed E-state index contributed by atoms with van der Waals surface area (Å²) in [5, 5.41) is 2.76. The Morgan fingerprint density at radius 1 is 1.28 bits per heavy atom. The van der Waals surface area contributed by atoms with E-state index >= 15 is 0 Å². The van der Waals surface area contributed by atoms with Crippen molar-refractivity contribution in [2.75, 3.05) is 18.8 Å². The largest absolute Gasteiger partial charge is 0.391 e. The van der Waals surface area contributed by atoms with Gasteiger partial charge in [-0.1, -0.05) is 33.4 Å². The number of halogens is 3. The lowest BCUT2D eigenvalue weighted by Crippen LogP contribution is -2.37. The first kappa shape index (κ1) is 31.1. The smallest absolute Gasteiger partial charge is 0.346 e. The number of nitrogens with zero attached hydrogens (tertiary/aromatic N) is 2. The Morgan fingerprint density at radius 2 is 1.92 bits per heavy atom. The van der Waals surface area contributed by atoms with Gasteiger partial charge in [-0.15, -0.1) is 11.3 Å². The van der Waals surface area contributed by atoms with Crippen molar-refractivity contribution in [3.8, 4) is 0 Å². The molecular formula is C27H36F3N3O4S2. The maximum atomic E-state index is 13.3. The molecule has 0 unspecified atom stereocenters. The number of rotatable bonds is 10. The van der Waals surface area contributed by atoms with Crippen molar-refractivity contribution >= 4 is 39.2 Å². The van der Waals surface area contributed by atoms with E-state index in [0.29, 0.717) is 35.5 Å². The topological polar surface area (TPSA) is 95.9 Å². The van der Waals surface area contributed by atoms with Gasteiger partial charge in [0.05, 0.1) is 45.3 Å². The number of carbonyl (C=O) groups excluding carboxylic acids is 2. The molecule has 1 fully saturated rings. The molecule has 0 spiro atoms. The first-order valence-electron chi connectivity index (χ1n) is 13.1. The van der Waals surface area contributed by atoms with Crippen LogP contribution in [-0.2, 0) is 9.84 Å². The monoisotopic (exact) mass is 587 g/mol. The SMILES string of the molecule is C=C(/C=N\C(=C/C)CNC(=O)c1cc2c(s1)[C@H](C(C)C)N(C[C@H]1CC[C@H](C(F)(F)F)CC1)C2=O)S(=O)(=O)CC. The van der Waals surface area contributed by atoms with Crippen LogP contribution in [0.5, 0.6) is 0 Å². The molecule has 1 aliphatic carbocycles. The third-order valence-corrected chi connectivity index (χ3v) is 10.3. The van der Waals surface area contributed by atoms with E-state index in [1.807, 2.05) is 13.8 Å². The molecule has 0 aromatic carbocycles. The number of allylic oxidation sites excluding steroid dienone is 2. The number of thiophene rings is 1. The zero-order chi connectivity index (χ0) is 29.1. The quantitative estimate of drug-likeness (QED) is 0.344. The van der Waals surface area contributed by atoms with Crippen LogP contribution in [0.1, 0.15) is 84.3 Å². The van der Waals surface area contributed by atoms with Gasteiger partial charge in [0.2, 0.25) is 0 Å². The molecule has 3 rings (SSSR count). The van der Waals surface area contributed by atoms with Gasteiger partial charge in [-0.3, -0.25) is 14.6 Å². The first-order valence-corrected chi connectivity index (χ1v) is 15.6. The Labute approximate surface area is 232 Å². The summed E-state index contributed by atoms with van der Waals surface area (Å²) >= 11 is 1.25. The normalized spacial score (nSPS) is 22.6. The van der Waals surface area contributed by atoms with Gasteiger partial charge in [0.15, 0.2) is 9.84 Å². The molecular weight excluding hydrogens is 551 g/mol. The van der Waals surface area contributed by atoms with Gasteiger partial charge in [0, 0.05) is 17.6 Å². The maximum Gasteiger partial charge on any atom is 0.391 e. The summed E-state index contributed by atoms with van der Waals surface area (Å²) in [4.78, 5) is 33.2. The molecule has 2 aliphatic rings. The number of fused-ring (bicyclic) bond motifs is 1. The van der Waals surface area contributed by atoms with Crippen molar-refractivity contribution in [3.63, 3.8) is 0 Å². The summed E-state index contributed by atoms with van der Waals surface area (Å²) < 4.78 is 62.9. The molecule has 0 bridgehead atoms. The first-order chi connectivity index (χ1) is 18.2. The highest BCUT2D eigenvalue weighted by Gasteiger charge is 2.44. The van der Waals surface area contributed by atoms with E-state index in [1.54, 1.807) is 24.0 Å². The molecule has 1 aliphatic heterocycles. The summed E-state index contributed by atoms with van der Waals surface area (Å²) in [6.45, 7) is 11.2. The molecule has 216 valence electrons. The van der Waals surface area contributed by atoms with Crippen LogP contribution in [0.15, 0.2) is 34.3 Å². The van der Waals surface area contributed by atoms with E-state index in [-0.39, 0.29) is 59.7 Å². The molecule has 7 nitrogen and oxygen atoms in total. The number of aliphatic imine (C=N–C) groups is 1. The minimum Gasteiger partial charge on any atom is -0.346 e. The molecule has 1 aromatic heterocycles. The van der Waals surface area contributed by atoms with Crippen LogP contribution in [0.3, 0.4) is 0 Å². The average Bonchev–Trinajstić information content (AvgIpc) is 3.41. The van der Waals surface area contributed by atoms with Gasteiger partial charge in [-0.05, 0) is 50.5 Å². The number of carbonyl (C=O) groups is 2. The zero-order valence-corrected chi connectivity index (χ0v) is 24.3. The average molecular weight is 588 g/mol. The summed E-state index contributed by atoms with van der Waals surface area (Å²) in [5.41, 5.74) is 0.917. The van der Waals surface area contributed by atoms with E-state index in [4.69, 9.17) is 0 Å². The van der Waals surface area contributed by atoms with Gasteiger partial charge in [0.25, 0.3) is 11.8 Å². The van der Waals surface area contributed by atoms with E-state index in [2.05, 4.69) is 16.9 Å². The van der Waals surface area contributed by atoms with E-state index in [1.165, 1.54) is 18.3 Å². The Hall–Kier alpha value is -2.47. The highest BCUT2D eigenvalue weighted by molar-refractivity contribution is 7.96. The van der Waals surface area contributed by atoms with Crippen molar-refractivity contribution in [3.05, 3.63) is 44.6 Å². The number of alkyl halides is 3. The second kappa shape index (κ2) is 12.4. The fraction of sp³-hybridized carbons (Fsp3) is 0.593. The maximum absolute atomic E-state index is 13.3. The summed E-state index contributed by atoms with van der Waals surface area (Å²) in [6, 6.07) is 1.35. The van der Waals surface area contributed by atoms with Crippen LogP contribution in [0, 0.1) is 17.8 Å². The van der Waals surface area contributed by atoms with Crippen molar-refractivity contribution < 1.29 is 31.2 Å². The Balaban J connectivity index is 1.65. The predicted molar refractivity (Wildman–Crippen MR) is 148 cm³/mol. The minimum absolute atomic E-state index is 0.0220. The standard InChI is InChI=1S/C27H36F3N3O4S2/c1-6-20(31-13-17(5)39(36,37)7-2)14-32-25(34)22-12-21-24(38-22)23(16(3)4)33(26(21)35)15-18-8-10-19(11-9-18)27(28,29)30/h6,12-13,16,18-19,23H,5,7-11,14-15H2,1-4H3,(H,32,34)/b20-6-,31-13-/t18-,19-,23-/m0/s1. The van der Waals surface area contributed by atoms with E-state index < -0.39 is 21.9 Å². The molecule has 12 heteroatoms. The molecule has 0 radical (unpaired) electrons. The van der Waals surface area contributed by atoms with Crippen LogP contribution in [-0.4, -0.2) is 56.4 Å². The van der Waals surface area contributed by atoms with Crippen LogP contribution in [0.2, 0.25) is 0 Å². The molecule has 1 saturated carbocycles. The minimum atomic E-state index is -4.17. The zero-order valence-electron chi connectivity index (χ0n) is 22.7. The number of hydrogen-bond acceptors (Lipinski definition) is 6. The number of nitrogens with one attached hydrogen (secondary N) is 1. The van der Waals surface area contributed by atoms with Gasteiger partial charge in [-0.25, -0.2) is 8.42 Å². The van der Waals surface area contributed by atoms with Crippen LogP contribution >= 0.6 is 11.3 Å². The number of hydrogen-bond donors (Lipinski definition) is 1. The lowest BCUT2D eigenvalue weighted by atomic mass is 9.81. The van der Waals surface area contributed by atoms with Crippen molar-refractivity contribution in [1.82, 2.24) is 10.2 Å². The highest BCUT2D eigenvalue weighted by atomic mass is 32.2. The Bertz CT molecular complexity index is 1260. The van der Waals surface area contributed by atoms with Crippen molar-refractivity contribution in [2.24, 2.45) is 22.7 Å². The lowest BCUT2D eigenvalue weighted by Gasteiger charge is -2.35. The molecule has 1 aromatic rings. The highest BCUT2D eigenvalue weighted by Crippen LogP contribution is 2.46. The second-order valence-corrected chi connectivity index (χ2v) is 13.8. The predicted octanol–water partition coefficient (Wildman–Crippen LogP) is 5.92. The molecule has 1 N–H and O–H groups in total. The fourth-order valence-electron chi connectivity index (χ4n) is 5.04. The Morgan fingerprint density at radius 3 is 2.46 bits per heavy atom. The van der Waals surface area contributed by atoms with Gasteiger partial charge >= 0.3 is 6.18 Å². The summed E-state index contributed by atoms with van der Waals surface area (Å²) in [5.74, 6) is -1.83. The molecule has 1 atom stereocenters. The molecule has 39 heavy (non-hydrogen) atoms. The van der Waals surface area contributed by atoms with E-state index in [9.17, 15) is 31.2 Å². The van der Waals surface area contributed by atoms with Crippen molar-refractivity contribution in [2.45, 2.75) is 65.6 Å². The lowest BCUT2D eigenvalue weighted by molar-refractivity contribution is -0.184. The molecule has 0 saturated heterocycles. The second-order valence-electron chi connectivity index (χ2n) is 10.4. The summed E-state index contributed by atoms with van der Waals surface area (Å²) in [7, 11) is -3.45. The third-order valence-electron chi connectivity index (χ3n) is 7.39. The molecule has 2 amide bonds. The van der Waals surface area contributed by atoms with Crippen molar-refractivity contribution in [1.29, 1.82) is 0 Å².